The summed E-state index contributed by atoms with van der Waals surface area (Å²) in [5, 5.41) is 9.48. The summed E-state index contributed by atoms with van der Waals surface area (Å²) in [6.45, 7) is 11.6. The second-order valence-corrected chi connectivity index (χ2v) is 15.0. The summed E-state index contributed by atoms with van der Waals surface area (Å²) < 4.78 is 7.66. The minimum atomic E-state index is -1.69. The lowest BCUT2D eigenvalue weighted by atomic mass is 10.2. The molecule has 1 aromatic rings. The number of anilines is 1. The van der Waals surface area contributed by atoms with E-state index < -0.39 is 8.32 Å². The molecular formula is C15H29N3OS2Si. The standard InChI is InChI=1S/C15H29N3OS2Si/c1-15(2,3)22(4,5)19-11-8-6-7-9-12(10-11)20-14-18-17-13(16)21-14/h11-12H,6-10H2,1-5H3,(H2,16,17). The fraction of sp³-hybridized carbons (Fsp3) is 0.867. The molecule has 0 saturated heterocycles. The molecule has 0 spiro atoms. The zero-order chi connectivity index (χ0) is 16.4. The quantitative estimate of drug-likeness (QED) is 0.609. The van der Waals surface area contributed by atoms with Crippen molar-refractivity contribution < 1.29 is 4.43 Å². The molecule has 0 radical (unpaired) electrons. The van der Waals surface area contributed by atoms with Crippen molar-refractivity contribution in [1.29, 1.82) is 0 Å². The Hall–Kier alpha value is -0.113. The van der Waals surface area contributed by atoms with Crippen LogP contribution in [0.4, 0.5) is 5.13 Å². The second kappa shape index (κ2) is 7.19. The number of hydrogen-bond donors (Lipinski definition) is 1. The minimum Gasteiger partial charge on any atom is -0.414 e. The third-order valence-corrected chi connectivity index (χ3v) is 11.5. The molecule has 1 aliphatic carbocycles. The monoisotopic (exact) mass is 359 g/mol. The Bertz CT molecular complexity index is 487. The fourth-order valence-corrected chi connectivity index (χ4v) is 6.06. The van der Waals surface area contributed by atoms with Gasteiger partial charge in [-0.2, -0.15) is 0 Å². The Morgan fingerprint density at radius 1 is 1.23 bits per heavy atom. The van der Waals surface area contributed by atoms with E-state index in [4.69, 9.17) is 10.2 Å². The van der Waals surface area contributed by atoms with Gasteiger partial charge in [-0.15, -0.1) is 10.2 Å². The molecule has 1 aromatic heterocycles. The summed E-state index contributed by atoms with van der Waals surface area (Å²) in [5.41, 5.74) is 5.69. The van der Waals surface area contributed by atoms with Crippen LogP contribution in [0.5, 0.6) is 0 Å². The highest BCUT2D eigenvalue weighted by molar-refractivity contribution is 8.01. The molecule has 0 aliphatic heterocycles. The van der Waals surface area contributed by atoms with Gasteiger partial charge in [-0.3, -0.25) is 0 Å². The first-order chi connectivity index (χ1) is 10.2. The maximum absolute atomic E-state index is 6.66. The third-order valence-electron chi connectivity index (χ3n) is 4.79. The van der Waals surface area contributed by atoms with E-state index in [9.17, 15) is 0 Å². The van der Waals surface area contributed by atoms with Gasteiger partial charge in [0.05, 0.1) is 0 Å². The highest BCUT2D eigenvalue weighted by atomic mass is 32.2. The van der Waals surface area contributed by atoms with E-state index >= 15 is 0 Å². The summed E-state index contributed by atoms with van der Waals surface area (Å²) in [7, 11) is -1.69. The maximum Gasteiger partial charge on any atom is 0.203 e. The normalized spacial score (nSPS) is 24.2. The van der Waals surface area contributed by atoms with Gasteiger partial charge in [-0.05, 0) is 37.4 Å². The molecule has 1 aliphatic rings. The topological polar surface area (TPSA) is 61.0 Å². The van der Waals surface area contributed by atoms with Crippen LogP contribution in [0.2, 0.25) is 18.1 Å². The number of rotatable bonds is 4. The van der Waals surface area contributed by atoms with Crippen LogP contribution in [-0.4, -0.2) is 29.9 Å². The highest BCUT2D eigenvalue weighted by Gasteiger charge is 2.39. The molecule has 4 nitrogen and oxygen atoms in total. The maximum atomic E-state index is 6.66. The van der Waals surface area contributed by atoms with E-state index in [1.807, 2.05) is 11.8 Å². The zero-order valence-corrected chi connectivity index (χ0v) is 17.0. The summed E-state index contributed by atoms with van der Waals surface area (Å²) in [6.07, 6.45) is 6.50. The van der Waals surface area contributed by atoms with Gasteiger partial charge in [0.25, 0.3) is 0 Å². The van der Waals surface area contributed by atoms with Crippen molar-refractivity contribution in [3.63, 3.8) is 0 Å². The zero-order valence-electron chi connectivity index (χ0n) is 14.4. The van der Waals surface area contributed by atoms with Crippen molar-refractivity contribution >= 4 is 36.5 Å². The van der Waals surface area contributed by atoms with E-state index in [0.29, 0.717) is 16.5 Å². The second-order valence-electron chi connectivity index (χ2n) is 7.67. The fourth-order valence-electron chi connectivity index (χ4n) is 2.49. The highest BCUT2D eigenvalue weighted by Crippen LogP contribution is 2.41. The predicted octanol–water partition coefficient (Wildman–Crippen LogP) is 4.94. The van der Waals surface area contributed by atoms with Crippen molar-refractivity contribution in [2.24, 2.45) is 0 Å². The Morgan fingerprint density at radius 3 is 2.50 bits per heavy atom. The first-order valence-corrected chi connectivity index (χ1v) is 12.7. The number of nitrogen functional groups attached to an aromatic ring is 1. The summed E-state index contributed by atoms with van der Waals surface area (Å²) >= 11 is 3.33. The molecule has 0 amide bonds. The number of thioether (sulfide) groups is 1. The van der Waals surface area contributed by atoms with E-state index in [1.165, 1.54) is 37.0 Å². The SMILES string of the molecule is CC(C)(C)[Si](C)(C)OC1CCCCC(Sc2nnc(N)s2)C1. The Labute approximate surface area is 143 Å². The lowest BCUT2D eigenvalue weighted by Gasteiger charge is -2.39. The average molecular weight is 360 g/mol. The van der Waals surface area contributed by atoms with Gasteiger partial charge in [0.2, 0.25) is 5.13 Å². The van der Waals surface area contributed by atoms with Gasteiger partial charge in [0.15, 0.2) is 12.7 Å². The van der Waals surface area contributed by atoms with Crippen LogP contribution in [0.25, 0.3) is 0 Å². The molecule has 22 heavy (non-hydrogen) atoms. The largest absolute Gasteiger partial charge is 0.414 e. The molecule has 7 heteroatoms. The van der Waals surface area contributed by atoms with Crippen molar-refractivity contribution in [3.05, 3.63) is 0 Å². The van der Waals surface area contributed by atoms with Crippen LogP contribution in [0.3, 0.4) is 0 Å². The third kappa shape index (κ3) is 4.94. The molecule has 0 bridgehead atoms. The number of nitrogens with two attached hydrogens (primary N) is 1. The molecule has 1 saturated carbocycles. The van der Waals surface area contributed by atoms with E-state index in [1.54, 1.807) is 0 Å². The van der Waals surface area contributed by atoms with Gasteiger partial charge < -0.3 is 10.2 Å². The molecule has 2 unspecified atom stereocenters. The number of hydrogen-bond acceptors (Lipinski definition) is 6. The summed E-state index contributed by atoms with van der Waals surface area (Å²) in [6, 6.07) is 0. The van der Waals surface area contributed by atoms with Crippen LogP contribution < -0.4 is 5.73 Å². The average Bonchev–Trinajstić information content (AvgIpc) is 2.65. The van der Waals surface area contributed by atoms with Crippen molar-refractivity contribution in [2.45, 2.75) is 86.7 Å². The molecular weight excluding hydrogens is 330 g/mol. The van der Waals surface area contributed by atoms with Gasteiger partial charge >= 0.3 is 0 Å². The molecule has 2 rings (SSSR count). The molecule has 2 atom stereocenters. The van der Waals surface area contributed by atoms with Crippen LogP contribution >= 0.6 is 23.1 Å². The van der Waals surface area contributed by atoms with E-state index in [0.717, 1.165) is 10.8 Å². The van der Waals surface area contributed by atoms with Gasteiger partial charge in [0, 0.05) is 11.4 Å². The molecule has 126 valence electrons. The van der Waals surface area contributed by atoms with Crippen molar-refractivity contribution in [2.75, 3.05) is 5.73 Å². The number of nitrogens with zero attached hydrogens (tertiary/aromatic N) is 2. The lowest BCUT2D eigenvalue weighted by Crippen LogP contribution is -2.44. The van der Waals surface area contributed by atoms with Gasteiger partial charge in [-0.25, -0.2) is 0 Å². The van der Waals surface area contributed by atoms with Gasteiger partial charge in [-0.1, -0.05) is 56.7 Å². The van der Waals surface area contributed by atoms with Crippen LogP contribution in [0, 0.1) is 0 Å². The predicted molar refractivity (Wildman–Crippen MR) is 99.1 cm³/mol. The van der Waals surface area contributed by atoms with Gasteiger partial charge in [0.1, 0.15) is 0 Å². The molecule has 1 heterocycles. The van der Waals surface area contributed by atoms with E-state index in [2.05, 4.69) is 44.1 Å². The smallest absolute Gasteiger partial charge is 0.203 e. The Morgan fingerprint density at radius 2 is 1.91 bits per heavy atom. The Balaban J connectivity index is 1.98. The molecule has 0 aromatic carbocycles. The van der Waals surface area contributed by atoms with Crippen molar-refractivity contribution in [1.82, 2.24) is 10.2 Å². The van der Waals surface area contributed by atoms with Crippen LogP contribution in [0.15, 0.2) is 4.34 Å². The minimum absolute atomic E-state index is 0.273. The molecule has 1 fully saturated rings. The Kier molecular flexibility index (Phi) is 5.96. The van der Waals surface area contributed by atoms with Crippen LogP contribution in [0.1, 0.15) is 52.9 Å². The van der Waals surface area contributed by atoms with E-state index in [-0.39, 0.29) is 5.04 Å². The lowest BCUT2D eigenvalue weighted by molar-refractivity contribution is 0.165. The summed E-state index contributed by atoms with van der Waals surface area (Å²) in [5.74, 6) is 0. The van der Waals surface area contributed by atoms with Crippen LogP contribution in [-0.2, 0) is 4.43 Å². The first-order valence-electron chi connectivity index (χ1n) is 8.11. The number of aromatic nitrogens is 2. The van der Waals surface area contributed by atoms with Crippen molar-refractivity contribution in [3.8, 4) is 0 Å². The summed E-state index contributed by atoms with van der Waals surface area (Å²) in [4.78, 5) is 0. The molecule has 2 N–H and O–H groups in total. The first kappa shape index (κ1) is 18.2.